The number of sulfonamides is 1. The van der Waals surface area contributed by atoms with Crippen molar-refractivity contribution < 1.29 is 22.7 Å². The van der Waals surface area contributed by atoms with Crippen LogP contribution in [-0.2, 0) is 26.2 Å². The average Bonchev–Trinajstić information content (AvgIpc) is 2.93. The van der Waals surface area contributed by atoms with Gasteiger partial charge in [0.2, 0.25) is 11.8 Å². The molecular formula is C28H32ClN3O5S. The molecule has 0 fully saturated rings. The highest BCUT2D eigenvalue weighted by atomic mass is 35.5. The van der Waals surface area contributed by atoms with Crippen molar-refractivity contribution in [3.63, 3.8) is 0 Å². The number of carbonyl (C=O) groups is 2. The van der Waals surface area contributed by atoms with Crippen molar-refractivity contribution in [1.29, 1.82) is 0 Å². The third-order valence-electron chi connectivity index (χ3n) is 5.98. The number of hydrogen-bond donors (Lipinski definition) is 1. The van der Waals surface area contributed by atoms with Crippen LogP contribution in [0.5, 0.6) is 5.75 Å². The topological polar surface area (TPSA) is 96.0 Å². The Hall–Kier alpha value is -3.56. The minimum Gasteiger partial charge on any atom is -0.497 e. The lowest BCUT2D eigenvalue weighted by Gasteiger charge is -2.33. The molecule has 38 heavy (non-hydrogen) atoms. The second kappa shape index (κ2) is 13.3. The van der Waals surface area contributed by atoms with Crippen LogP contribution in [0, 0.1) is 0 Å². The summed E-state index contributed by atoms with van der Waals surface area (Å²) in [5, 5.41) is 2.96. The lowest BCUT2D eigenvalue weighted by Crippen LogP contribution is -2.52. The van der Waals surface area contributed by atoms with Gasteiger partial charge in [-0.05, 0) is 55.3 Å². The number of benzene rings is 3. The van der Waals surface area contributed by atoms with Crippen LogP contribution in [-0.4, -0.2) is 51.4 Å². The molecule has 0 saturated carbocycles. The van der Waals surface area contributed by atoms with Crippen molar-refractivity contribution in [1.82, 2.24) is 10.2 Å². The van der Waals surface area contributed by atoms with E-state index in [1.165, 1.54) is 17.0 Å². The maximum atomic E-state index is 13.9. The van der Waals surface area contributed by atoms with Crippen molar-refractivity contribution in [2.24, 2.45) is 0 Å². The van der Waals surface area contributed by atoms with Gasteiger partial charge in [0, 0.05) is 13.1 Å². The summed E-state index contributed by atoms with van der Waals surface area (Å²) in [5.41, 5.74) is 0.930. The summed E-state index contributed by atoms with van der Waals surface area (Å²) >= 11 is 6.41. The Labute approximate surface area is 229 Å². The van der Waals surface area contributed by atoms with Gasteiger partial charge in [-0.15, -0.1) is 0 Å². The molecule has 0 aliphatic heterocycles. The number of ether oxygens (including phenoxy) is 1. The summed E-state index contributed by atoms with van der Waals surface area (Å²) in [4.78, 5) is 28.3. The van der Waals surface area contributed by atoms with Crippen LogP contribution >= 0.6 is 11.6 Å². The number of nitrogens with zero attached hydrogens (tertiary/aromatic N) is 2. The summed E-state index contributed by atoms with van der Waals surface area (Å²) in [6.07, 6.45) is 0.339. The first-order valence-corrected chi connectivity index (χ1v) is 14.1. The van der Waals surface area contributed by atoms with Crippen molar-refractivity contribution in [2.45, 2.75) is 37.8 Å². The highest BCUT2D eigenvalue weighted by Crippen LogP contribution is 2.30. The molecule has 10 heteroatoms. The Kier molecular flexibility index (Phi) is 10.2. The smallest absolute Gasteiger partial charge is 0.264 e. The average molecular weight is 558 g/mol. The van der Waals surface area contributed by atoms with Crippen LogP contribution in [0.4, 0.5) is 5.69 Å². The number of likely N-dealkylation sites (N-methyl/N-ethyl adjacent to an activating group) is 1. The lowest BCUT2D eigenvalue weighted by atomic mass is 10.1. The number of methoxy groups -OCH3 is 1. The second-order valence-electron chi connectivity index (χ2n) is 8.46. The molecule has 8 nitrogen and oxygen atoms in total. The normalized spacial score (nSPS) is 11.9. The highest BCUT2D eigenvalue weighted by molar-refractivity contribution is 7.92. The van der Waals surface area contributed by atoms with E-state index < -0.39 is 28.5 Å². The van der Waals surface area contributed by atoms with Crippen LogP contribution in [0.15, 0.2) is 83.8 Å². The molecule has 0 saturated heterocycles. The zero-order chi connectivity index (χ0) is 27.7. The molecule has 3 aromatic rings. The van der Waals surface area contributed by atoms with Gasteiger partial charge in [0.1, 0.15) is 18.3 Å². The summed E-state index contributed by atoms with van der Waals surface area (Å²) in [7, 11) is -2.61. The molecule has 202 valence electrons. The van der Waals surface area contributed by atoms with Gasteiger partial charge >= 0.3 is 0 Å². The number of anilines is 1. The van der Waals surface area contributed by atoms with Crippen molar-refractivity contribution in [3.05, 3.63) is 89.4 Å². The van der Waals surface area contributed by atoms with E-state index >= 15 is 0 Å². The fourth-order valence-electron chi connectivity index (χ4n) is 4.03. The van der Waals surface area contributed by atoms with Crippen LogP contribution in [0.3, 0.4) is 0 Å². The maximum absolute atomic E-state index is 13.9. The van der Waals surface area contributed by atoms with Gasteiger partial charge in [-0.25, -0.2) is 8.42 Å². The SMILES string of the molecule is CCNC(=O)[C@H](CC)N(Cc1ccc(OC)cc1)C(=O)CN(c1ccccc1Cl)S(=O)(=O)c1ccccc1. The minimum atomic E-state index is -4.17. The van der Waals surface area contributed by atoms with Gasteiger partial charge < -0.3 is 15.0 Å². The first-order valence-electron chi connectivity index (χ1n) is 12.2. The maximum Gasteiger partial charge on any atom is 0.264 e. The van der Waals surface area contributed by atoms with Crippen molar-refractivity contribution in [3.8, 4) is 5.75 Å². The van der Waals surface area contributed by atoms with Crippen molar-refractivity contribution in [2.75, 3.05) is 24.5 Å². The molecule has 1 atom stereocenters. The first-order chi connectivity index (χ1) is 18.2. The predicted octanol–water partition coefficient (Wildman–Crippen LogP) is 4.49. The Morgan fingerprint density at radius 2 is 1.58 bits per heavy atom. The number of halogens is 1. The summed E-state index contributed by atoms with van der Waals surface area (Å²) in [5.74, 6) is -0.202. The summed E-state index contributed by atoms with van der Waals surface area (Å²) in [6.45, 7) is 3.55. The van der Waals surface area contributed by atoms with E-state index in [4.69, 9.17) is 16.3 Å². The zero-order valence-electron chi connectivity index (χ0n) is 21.6. The molecule has 3 rings (SSSR count). The molecule has 0 spiro atoms. The van der Waals surface area contributed by atoms with E-state index in [1.807, 2.05) is 0 Å². The van der Waals surface area contributed by atoms with E-state index in [0.29, 0.717) is 18.7 Å². The Balaban J connectivity index is 2.05. The molecule has 1 N–H and O–H groups in total. The van der Waals surface area contributed by atoms with E-state index in [1.54, 1.807) is 87.7 Å². The molecular weight excluding hydrogens is 526 g/mol. The molecule has 3 aromatic carbocycles. The third kappa shape index (κ3) is 6.85. The summed E-state index contributed by atoms with van der Waals surface area (Å²) in [6, 6.07) is 20.6. The highest BCUT2D eigenvalue weighted by Gasteiger charge is 2.34. The molecule has 0 heterocycles. The molecule has 0 bridgehead atoms. The lowest BCUT2D eigenvalue weighted by molar-refractivity contribution is -0.140. The van der Waals surface area contributed by atoms with E-state index in [0.717, 1.165) is 9.87 Å². The largest absolute Gasteiger partial charge is 0.497 e. The van der Waals surface area contributed by atoms with Crippen molar-refractivity contribution >= 4 is 39.1 Å². The zero-order valence-corrected chi connectivity index (χ0v) is 23.2. The van der Waals surface area contributed by atoms with E-state index in [-0.39, 0.29) is 28.1 Å². The minimum absolute atomic E-state index is 0.0187. The Morgan fingerprint density at radius 1 is 0.947 bits per heavy atom. The van der Waals surface area contributed by atoms with Gasteiger partial charge in [0.25, 0.3) is 10.0 Å². The predicted molar refractivity (Wildman–Crippen MR) is 149 cm³/mol. The fraction of sp³-hybridized carbons (Fsp3) is 0.286. The number of para-hydroxylation sites is 1. The van der Waals surface area contributed by atoms with Gasteiger partial charge in [0.05, 0.1) is 22.7 Å². The Morgan fingerprint density at radius 3 is 2.16 bits per heavy atom. The van der Waals surface area contributed by atoms with Crippen LogP contribution < -0.4 is 14.4 Å². The molecule has 0 aliphatic rings. The van der Waals surface area contributed by atoms with E-state index in [9.17, 15) is 18.0 Å². The quantitative estimate of drug-likeness (QED) is 0.354. The molecule has 0 unspecified atom stereocenters. The van der Waals surface area contributed by atoms with Crippen LogP contribution in [0.2, 0.25) is 5.02 Å². The fourth-order valence-corrected chi connectivity index (χ4v) is 5.77. The van der Waals surface area contributed by atoms with Gasteiger partial charge in [-0.3, -0.25) is 13.9 Å². The number of nitrogens with one attached hydrogen (secondary N) is 1. The molecule has 2 amide bonds. The van der Waals surface area contributed by atoms with Gasteiger partial charge in [0.15, 0.2) is 0 Å². The number of hydrogen-bond acceptors (Lipinski definition) is 5. The van der Waals surface area contributed by atoms with Crippen LogP contribution in [0.25, 0.3) is 0 Å². The van der Waals surface area contributed by atoms with E-state index in [2.05, 4.69) is 5.32 Å². The second-order valence-corrected chi connectivity index (χ2v) is 10.7. The molecule has 0 aromatic heterocycles. The first kappa shape index (κ1) is 29.0. The summed E-state index contributed by atoms with van der Waals surface area (Å²) < 4.78 is 33.7. The van der Waals surface area contributed by atoms with Gasteiger partial charge in [-0.1, -0.05) is 61.0 Å². The third-order valence-corrected chi connectivity index (χ3v) is 8.07. The Bertz CT molecular complexity index is 1330. The molecule has 0 radical (unpaired) electrons. The standard InChI is InChI=1S/C28H32ClN3O5S/c1-4-25(28(34)30-5-2)31(19-21-15-17-22(37-3)18-16-21)27(33)20-32(26-14-10-9-13-24(26)29)38(35,36)23-11-7-6-8-12-23/h6-18,25H,4-5,19-20H2,1-3H3,(H,30,34)/t25-/m0/s1. The number of amides is 2. The van der Waals surface area contributed by atoms with Gasteiger partial charge in [-0.2, -0.15) is 0 Å². The number of carbonyl (C=O) groups excluding carboxylic acids is 2. The van der Waals surface area contributed by atoms with Crippen LogP contribution in [0.1, 0.15) is 25.8 Å². The number of rotatable bonds is 12. The molecule has 0 aliphatic carbocycles. The monoisotopic (exact) mass is 557 g/mol.